The summed E-state index contributed by atoms with van der Waals surface area (Å²) in [5, 5.41) is 13.0. The maximum absolute atomic E-state index is 14.3. The third-order valence-corrected chi connectivity index (χ3v) is 4.94. The number of nitriles is 1. The van der Waals surface area contributed by atoms with Crippen LogP contribution in [0.4, 0.5) is 10.2 Å². The first-order valence-corrected chi connectivity index (χ1v) is 9.49. The number of anilines is 1. The Balaban J connectivity index is 2.02. The lowest BCUT2D eigenvalue weighted by Gasteiger charge is -2.21. The Morgan fingerprint density at radius 1 is 1.35 bits per heavy atom. The van der Waals surface area contributed by atoms with E-state index in [0.29, 0.717) is 42.2 Å². The number of halogens is 1. The van der Waals surface area contributed by atoms with Crippen molar-refractivity contribution in [2.24, 2.45) is 5.92 Å². The molecule has 3 rings (SSSR count). The van der Waals surface area contributed by atoms with Crippen molar-refractivity contribution >= 4 is 23.5 Å². The second-order valence-corrected chi connectivity index (χ2v) is 6.73. The molecule has 0 saturated carbocycles. The lowest BCUT2D eigenvalue weighted by molar-refractivity contribution is -0.122. The van der Waals surface area contributed by atoms with Gasteiger partial charge in [-0.1, -0.05) is 18.2 Å². The van der Waals surface area contributed by atoms with Crippen LogP contribution in [0.2, 0.25) is 0 Å². The molecule has 1 saturated heterocycles. The number of hydrogen-bond donors (Lipinski definition) is 1. The van der Waals surface area contributed by atoms with E-state index in [1.54, 1.807) is 24.3 Å². The van der Waals surface area contributed by atoms with Gasteiger partial charge in [-0.25, -0.2) is 9.37 Å². The van der Waals surface area contributed by atoms with Gasteiger partial charge in [0.1, 0.15) is 17.4 Å². The highest BCUT2D eigenvalue weighted by atomic mass is 32.2. The minimum absolute atomic E-state index is 0.160. The van der Waals surface area contributed by atoms with E-state index in [2.05, 4.69) is 16.4 Å². The Morgan fingerprint density at radius 2 is 2.08 bits per heavy atom. The SMILES string of the molecule is CSc1cc(-c2ccccc2F)c(C#N)c(NC(=O)C2CCOCC2)n1. The first-order valence-electron chi connectivity index (χ1n) is 8.26. The standard InChI is InChI=1S/C19H18FN3O2S/c1-26-17-10-14(13-4-2-3-5-16(13)20)15(11-21)18(22-17)23-19(24)12-6-8-25-9-7-12/h2-5,10,12H,6-9H2,1H3,(H,22,23,24). The van der Waals surface area contributed by atoms with Gasteiger partial charge in [-0.15, -0.1) is 11.8 Å². The first-order chi connectivity index (χ1) is 12.6. The summed E-state index contributed by atoms with van der Waals surface area (Å²) in [7, 11) is 0. The fraction of sp³-hybridized carbons (Fsp3) is 0.316. The number of nitrogens with one attached hydrogen (secondary N) is 1. The number of aromatic nitrogens is 1. The molecule has 2 heterocycles. The molecule has 0 unspecified atom stereocenters. The van der Waals surface area contributed by atoms with E-state index in [0.717, 1.165) is 0 Å². The number of amides is 1. The van der Waals surface area contributed by atoms with Crippen LogP contribution in [0.25, 0.3) is 11.1 Å². The van der Waals surface area contributed by atoms with Gasteiger partial charge in [0.25, 0.3) is 0 Å². The van der Waals surface area contributed by atoms with Crippen LogP contribution >= 0.6 is 11.8 Å². The topological polar surface area (TPSA) is 75.0 Å². The molecular formula is C19H18FN3O2S. The molecular weight excluding hydrogens is 353 g/mol. The zero-order valence-electron chi connectivity index (χ0n) is 14.3. The Morgan fingerprint density at radius 3 is 2.73 bits per heavy atom. The zero-order chi connectivity index (χ0) is 18.5. The van der Waals surface area contributed by atoms with Crippen molar-refractivity contribution in [3.8, 4) is 17.2 Å². The Kier molecular flexibility index (Phi) is 5.86. The number of pyridine rings is 1. The van der Waals surface area contributed by atoms with Gasteiger partial charge in [-0.2, -0.15) is 5.26 Å². The predicted molar refractivity (Wildman–Crippen MR) is 98.3 cm³/mol. The van der Waals surface area contributed by atoms with Crippen LogP contribution in [0.3, 0.4) is 0 Å². The minimum atomic E-state index is -0.427. The lowest BCUT2D eigenvalue weighted by Crippen LogP contribution is -2.29. The number of ether oxygens (including phenoxy) is 1. The molecule has 26 heavy (non-hydrogen) atoms. The monoisotopic (exact) mass is 371 g/mol. The number of carbonyl (C=O) groups excluding carboxylic acids is 1. The van der Waals surface area contributed by atoms with E-state index in [-0.39, 0.29) is 23.2 Å². The molecule has 1 aliphatic rings. The van der Waals surface area contributed by atoms with Crippen molar-refractivity contribution in [2.45, 2.75) is 17.9 Å². The van der Waals surface area contributed by atoms with Gasteiger partial charge in [0.15, 0.2) is 5.82 Å². The molecule has 0 atom stereocenters. The van der Waals surface area contributed by atoms with Gasteiger partial charge in [-0.05, 0) is 31.2 Å². The summed E-state index contributed by atoms with van der Waals surface area (Å²) < 4.78 is 19.6. The number of thioether (sulfide) groups is 1. The van der Waals surface area contributed by atoms with Gasteiger partial charge in [0.05, 0.1) is 5.03 Å². The molecule has 1 N–H and O–H groups in total. The zero-order valence-corrected chi connectivity index (χ0v) is 15.1. The van der Waals surface area contributed by atoms with E-state index in [4.69, 9.17) is 4.74 Å². The largest absolute Gasteiger partial charge is 0.381 e. The molecule has 134 valence electrons. The van der Waals surface area contributed by atoms with Crippen LogP contribution in [0.15, 0.2) is 35.4 Å². The molecule has 2 aromatic rings. The molecule has 0 spiro atoms. The fourth-order valence-corrected chi connectivity index (χ4v) is 3.32. The summed E-state index contributed by atoms with van der Waals surface area (Å²) in [5.41, 5.74) is 0.892. The van der Waals surface area contributed by atoms with Crippen LogP contribution in [0, 0.1) is 23.1 Å². The molecule has 0 bridgehead atoms. The number of rotatable bonds is 4. The Bertz CT molecular complexity index is 860. The molecule has 1 amide bonds. The maximum atomic E-state index is 14.3. The quantitative estimate of drug-likeness (QED) is 0.827. The average molecular weight is 371 g/mol. The molecule has 5 nitrogen and oxygen atoms in total. The van der Waals surface area contributed by atoms with E-state index in [1.807, 2.05) is 6.26 Å². The molecule has 0 radical (unpaired) electrons. The van der Waals surface area contributed by atoms with Crippen molar-refractivity contribution in [2.75, 3.05) is 24.8 Å². The summed E-state index contributed by atoms with van der Waals surface area (Å²) in [5.74, 6) is -0.611. The van der Waals surface area contributed by atoms with E-state index >= 15 is 0 Å². The molecule has 1 aromatic carbocycles. The summed E-state index contributed by atoms with van der Waals surface area (Å²) in [6, 6.07) is 10.00. The van der Waals surface area contributed by atoms with Gasteiger partial charge >= 0.3 is 0 Å². The van der Waals surface area contributed by atoms with Crippen LogP contribution in [0.1, 0.15) is 18.4 Å². The van der Waals surface area contributed by atoms with E-state index in [9.17, 15) is 14.4 Å². The highest BCUT2D eigenvalue weighted by Gasteiger charge is 2.24. The highest BCUT2D eigenvalue weighted by Crippen LogP contribution is 2.33. The molecule has 7 heteroatoms. The summed E-state index contributed by atoms with van der Waals surface area (Å²) >= 11 is 1.37. The third kappa shape index (κ3) is 3.87. The average Bonchev–Trinajstić information content (AvgIpc) is 2.68. The van der Waals surface area contributed by atoms with Crippen LogP contribution in [-0.2, 0) is 9.53 Å². The molecule has 1 aromatic heterocycles. The highest BCUT2D eigenvalue weighted by molar-refractivity contribution is 7.98. The van der Waals surface area contributed by atoms with E-state index < -0.39 is 5.82 Å². The summed E-state index contributed by atoms with van der Waals surface area (Å²) in [6.07, 6.45) is 3.11. The second kappa shape index (κ2) is 8.30. The van der Waals surface area contributed by atoms with Crippen LogP contribution < -0.4 is 5.32 Å². The second-order valence-electron chi connectivity index (χ2n) is 5.90. The van der Waals surface area contributed by atoms with E-state index in [1.165, 1.54) is 17.8 Å². The van der Waals surface area contributed by atoms with Gasteiger partial charge in [0.2, 0.25) is 5.91 Å². The van der Waals surface area contributed by atoms with Crippen LogP contribution in [0.5, 0.6) is 0 Å². The van der Waals surface area contributed by atoms with Crippen molar-refractivity contribution in [3.05, 3.63) is 41.7 Å². The first kappa shape index (κ1) is 18.4. The number of hydrogen-bond acceptors (Lipinski definition) is 5. The molecule has 1 aliphatic heterocycles. The van der Waals surface area contributed by atoms with Crippen molar-refractivity contribution < 1.29 is 13.9 Å². The smallest absolute Gasteiger partial charge is 0.228 e. The van der Waals surface area contributed by atoms with Crippen molar-refractivity contribution in [3.63, 3.8) is 0 Å². The summed E-state index contributed by atoms with van der Waals surface area (Å²) in [6.45, 7) is 1.09. The van der Waals surface area contributed by atoms with Gasteiger partial charge < -0.3 is 10.1 Å². The number of carbonyl (C=O) groups is 1. The molecule has 1 fully saturated rings. The number of benzene rings is 1. The normalized spacial score (nSPS) is 14.7. The van der Waals surface area contributed by atoms with Gasteiger partial charge in [-0.3, -0.25) is 4.79 Å². The molecule has 0 aliphatic carbocycles. The van der Waals surface area contributed by atoms with Crippen molar-refractivity contribution in [1.29, 1.82) is 5.26 Å². The maximum Gasteiger partial charge on any atom is 0.228 e. The van der Waals surface area contributed by atoms with Gasteiger partial charge in [0, 0.05) is 30.3 Å². The fourth-order valence-electron chi connectivity index (χ4n) is 2.90. The third-order valence-electron chi connectivity index (χ3n) is 4.31. The Hall–Kier alpha value is -2.43. The Labute approximate surface area is 155 Å². The summed E-state index contributed by atoms with van der Waals surface area (Å²) in [4.78, 5) is 16.9. The van der Waals surface area contributed by atoms with Crippen molar-refractivity contribution in [1.82, 2.24) is 4.98 Å². The predicted octanol–water partition coefficient (Wildman–Crippen LogP) is 3.85. The minimum Gasteiger partial charge on any atom is -0.381 e. The number of nitrogens with zero attached hydrogens (tertiary/aromatic N) is 2. The van der Waals surface area contributed by atoms with Crippen LogP contribution in [-0.4, -0.2) is 30.4 Å². The lowest BCUT2D eigenvalue weighted by atomic mass is 9.98.